The van der Waals surface area contributed by atoms with Crippen molar-refractivity contribution in [2.75, 3.05) is 7.05 Å². The maximum absolute atomic E-state index is 3.58. The molecule has 20 heavy (non-hydrogen) atoms. The molecule has 1 saturated carbocycles. The fourth-order valence-electron chi connectivity index (χ4n) is 4.24. The Hall–Kier alpha value is -0.860. The molecular formula is C18H28N2. The van der Waals surface area contributed by atoms with Crippen LogP contribution >= 0.6 is 0 Å². The van der Waals surface area contributed by atoms with E-state index < -0.39 is 0 Å². The highest BCUT2D eigenvalue weighted by atomic mass is 15.2. The SMILES string of the molecule is CCCC1CCC(NC)C(N2Cc3ccccc3C2)C1. The highest BCUT2D eigenvalue weighted by Gasteiger charge is 2.35. The fraction of sp³-hybridized carbons (Fsp3) is 0.667. The monoisotopic (exact) mass is 272 g/mol. The highest BCUT2D eigenvalue weighted by molar-refractivity contribution is 5.30. The summed E-state index contributed by atoms with van der Waals surface area (Å²) < 4.78 is 0. The van der Waals surface area contributed by atoms with E-state index in [0.717, 1.165) is 25.0 Å². The molecule has 0 aromatic heterocycles. The summed E-state index contributed by atoms with van der Waals surface area (Å²) in [5, 5.41) is 3.58. The van der Waals surface area contributed by atoms with Crippen LogP contribution in [0.15, 0.2) is 24.3 Å². The van der Waals surface area contributed by atoms with E-state index in [0.29, 0.717) is 6.04 Å². The average molecular weight is 272 g/mol. The molecule has 110 valence electrons. The largest absolute Gasteiger partial charge is 0.315 e. The fourth-order valence-corrected chi connectivity index (χ4v) is 4.24. The molecule has 1 aliphatic carbocycles. The van der Waals surface area contributed by atoms with Crippen LogP contribution in [-0.2, 0) is 13.1 Å². The Balaban J connectivity index is 1.71. The van der Waals surface area contributed by atoms with Crippen molar-refractivity contribution >= 4 is 0 Å². The zero-order valence-corrected chi connectivity index (χ0v) is 12.9. The average Bonchev–Trinajstić information content (AvgIpc) is 2.91. The van der Waals surface area contributed by atoms with E-state index in [1.54, 1.807) is 11.1 Å². The second kappa shape index (κ2) is 6.28. The van der Waals surface area contributed by atoms with Crippen LogP contribution in [0.4, 0.5) is 0 Å². The van der Waals surface area contributed by atoms with E-state index >= 15 is 0 Å². The normalized spacial score (nSPS) is 30.4. The molecular weight excluding hydrogens is 244 g/mol. The number of nitrogens with one attached hydrogen (secondary N) is 1. The Morgan fingerprint density at radius 2 is 1.85 bits per heavy atom. The molecule has 3 unspecified atom stereocenters. The van der Waals surface area contributed by atoms with Gasteiger partial charge in [0.05, 0.1) is 0 Å². The first-order chi connectivity index (χ1) is 9.81. The Morgan fingerprint density at radius 3 is 2.45 bits per heavy atom. The topological polar surface area (TPSA) is 15.3 Å². The van der Waals surface area contributed by atoms with Gasteiger partial charge < -0.3 is 5.32 Å². The van der Waals surface area contributed by atoms with Crippen LogP contribution in [0.5, 0.6) is 0 Å². The van der Waals surface area contributed by atoms with Crippen molar-refractivity contribution in [2.24, 2.45) is 5.92 Å². The van der Waals surface area contributed by atoms with Gasteiger partial charge in [-0.05, 0) is 43.4 Å². The Bertz CT molecular complexity index is 418. The highest BCUT2D eigenvalue weighted by Crippen LogP contribution is 2.35. The van der Waals surface area contributed by atoms with Gasteiger partial charge in [-0.3, -0.25) is 4.90 Å². The lowest BCUT2D eigenvalue weighted by Gasteiger charge is -2.41. The van der Waals surface area contributed by atoms with Gasteiger partial charge in [0, 0.05) is 25.2 Å². The number of hydrogen-bond acceptors (Lipinski definition) is 2. The van der Waals surface area contributed by atoms with Crippen molar-refractivity contribution in [3.63, 3.8) is 0 Å². The number of likely N-dealkylation sites (N-methyl/N-ethyl adjacent to an activating group) is 1. The number of fused-ring (bicyclic) bond motifs is 1. The van der Waals surface area contributed by atoms with Crippen LogP contribution < -0.4 is 5.32 Å². The molecule has 1 aromatic rings. The molecule has 2 nitrogen and oxygen atoms in total. The van der Waals surface area contributed by atoms with Gasteiger partial charge in [-0.15, -0.1) is 0 Å². The second-order valence-electron chi connectivity index (χ2n) is 6.60. The van der Waals surface area contributed by atoms with E-state index in [2.05, 4.69) is 48.5 Å². The molecule has 1 heterocycles. The number of nitrogens with zero attached hydrogens (tertiary/aromatic N) is 1. The van der Waals surface area contributed by atoms with Gasteiger partial charge in [0.15, 0.2) is 0 Å². The quantitative estimate of drug-likeness (QED) is 0.901. The molecule has 0 spiro atoms. The van der Waals surface area contributed by atoms with Crippen molar-refractivity contribution < 1.29 is 0 Å². The van der Waals surface area contributed by atoms with Gasteiger partial charge in [-0.2, -0.15) is 0 Å². The van der Waals surface area contributed by atoms with Crippen LogP contribution in [0, 0.1) is 5.92 Å². The molecule has 3 atom stereocenters. The lowest BCUT2D eigenvalue weighted by Crippen LogP contribution is -2.50. The molecule has 3 rings (SSSR count). The van der Waals surface area contributed by atoms with Crippen LogP contribution in [0.3, 0.4) is 0 Å². The van der Waals surface area contributed by atoms with Gasteiger partial charge in [0.25, 0.3) is 0 Å². The van der Waals surface area contributed by atoms with Crippen molar-refractivity contribution in [1.82, 2.24) is 10.2 Å². The summed E-state index contributed by atoms with van der Waals surface area (Å²) in [6.07, 6.45) is 6.89. The third kappa shape index (κ3) is 2.77. The van der Waals surface area contributed by atoms with Crippen LogP contribution in [0.2, 0.25) is 0 Å². The molecule has 2 aliphatic rings. The van der Waals surface area contributed by atoms with Crippen LogP contribution in [0.25, 0.3) is 0 Å². The van der Waals surface area contributed by atoms with Gasteiger partial charge >= 0.3 is 0 Å². The second-order valence-corrected chi connectivity index (χ2v) is 6.60. The number of benzene rings is 1. The first kappa shape index (κ1) is 14.1. The Kier molecular flexibility index (Phi) is 4.42. The van der Waals surface area contributed by atoms with Gasteiger partial charge in [-0.25, -0.2) is 0 Å². The van der Waals surface area contributed by atoms with Crippen molar-refractivity contribution in [2.45, 2.75) is 64.2 Å². The van der Waals surface area contributed by atoms with Crippen LogP contribution in [0.1, 0.15) is 50.2 Å². The number of hydrogen-bond donors (Lipinski definition) is 1. The summed E-state index contributed by atoms with van der Waals surface area (Å²) in [6, 6.07) is 10.4. The minimum Gasteiger partial charge on any atom is -0.315 e. The minimum atomic E-state index is 0.678. The van der Waals surface area contributed by atoms with Gasteiger partial charge in [0.2, 0.25) is 0 Å². The summed E-state index contributed by atoms with van der Waals surface area (Å²) in [4.78, 5) is 2.72. The summed E-state index contributed by atoms with van der Waals surface area (Å²) in [7, 11) is 2.14. The first-order valence-corrected chi connectivity index (χ1v) is 8.30. The maximum Gasteiger partial charge on any atom is 0.0258 e. The molecule has 1 fully saturated rings. The summed E-state index contributed by atoms with van der Waals surface area (Å²) in [6.45, 7) is 4.63. The zero-order valence-electron chi connectivity index (χ0n) is 12.9. The molecule has 2 heteroatoms. The summed E-state index contributed by atoms with van der Waals surface area (Å²) >= 11 is 0. The lowest BCUT2D eigenvalue weighted by atomic mass is 9.79. The van der Waals surface area contributed by atoms with E-state index in [1.807, 2.05) is 0 Å². The smallest absolute Gasteiger partial charge is 0.0258 e. The molecule has 1 aromatic carbocycles. The van der Waals surface area contributed by atoms with Crippen molar-refractivity contribution in [3.05, 3.63) is 35.4 Å². The summed E-state index contributed by atoms with van der Waals surface area (Å²) in [5.74, 6) is 0.943. The Morgan fingerprint density at radius 1 is 1.15 bits per heavy atom. The molecule has 0 saturated heterocycles. The lowest BCUT2D eigenvalue weighted by molar-refractivity contribution is 0.0950. The molecule has 0 amide bonds. The predicted molar refractivity (Wildman–Crippen MR) is 84.6 cm³/mol. The minimum absolute atomic E-state index is 0.678. The van der Waals surface area contributed by atoms with E-state index in [-0.39, 0.29) is 0 Å². The third-order valence-electron chi connectivity index (χ3n) is 5.33. The van der Waals surface area contributed by atoms with E-state index in [4.69, 9.17) is 0 Å². The molecule has 1 aliphatic heterocycles. The third-order valence-corrected chi connectivity index (χ3v) is 5.33. The van der Waals surface area contributed by atoms with E-state index in [9.17, 15) is 0 Å². The molecule has 0 bridgehead atoms. The van der Waals surface area contributed by atoms with Crippen molar-refractivity contribution in [1.29, 1.82) is 0 Å². The Labute approximate surface area is 123 Å². The van der Waals surface area contributed by atoms with Gasteiger partial charge in [0.1, 0.15) is 0 Å². The van der Waals surface area contributed by atoms with Gasteiger partial charge in [-0.1, -0.05) is 44.0 Å². The van der Waals surface area contributed by atoms with E-state index in [1.165, 1.54) is 32.1 Å². The first-order valence-electron chi connectivity index (χ1n) is 8.30. The number of rotatable bonds is 4. The standard InChI is InChI=1S/C18H28N2/c1-3-6-14-9-10-17(19-2)18(11-14)20-12-15-7-4-5-8-16(15)13-20/h4-5,7-8,14,17-19H,3,6,9-13H2,1-2H3. The van der Waals surface area contributed by atoms with Crippen molar-refractivity contribution in [3.8, 4) is 0 Å². The molecule has 0 radical (unpaired) electrons. The van der Waals surface area contributed by atoms with Crippen LogP contribution in [-0.4, -0.2) is 24.0 Å². The zero-order chi connectivity index (χ0) is 13.9. The summed E-state index contributed by atoms with van der Waals surface area (Å²) in [5.41, 5.74) is 3.08. The molecule has 1 N–H and O–H groups in total. The predicted octanol–water partition coefficient (Wildman–Crippen LogP) is 3.56. The maximum atomic E-state index is 3.58.